The summed E-state index contributed by atoms with van der Waals surface area (Å²) in [7, 11) is 0. The first-order chi connectivity index (χ1) is 17.5. The summed E-state index contributed by atoms with van der Waals surface area (Å²) in [4.78, 5) is 49.9. The summed E-state index contributed by atoms with van der Waals surface area (Å²) < 4.78 is 0. The molecule has 5 heterocycles. The van der Waals surface area contributed by atoms with Gasteiger partial charge in [-0.05, 0) is 49.0 Å². The number of likely N-dealkylation sites (tertiary alicyclic amines) is 1. The summed E-state index contributed by atoms with van der Waals surface area (Å²) in [5.74, 6) is 0.427. The maximum atomic E-state index is 12.9. The number of hydrogen-bond donors (Lipinski definition) is 2. The number of nitrogens with zero attached hydrogens (tertiary/aromatic N) is 4. The van der Waals surface area contributed by atoms with Gasteiger partial charge in [-0.3, -0.25) is 14.4 Å². The first-order valence-electron chi connectivity index (χ1n) is 12.3. The SMILES string of the molecule is Cl.NCC(=O)N1CCC2(CC1)Cc1cc(/C=C/C(=O)N3CC=C(Cc4nccs4)CC3)cnc1NC2=O. The van der Waals surface area contributed by atoms with Gasteiger partial charge in [0.05, 0.1) is 17.0 Å². The number of carbonyl (C=O) groups excluding carboxylic acids is 3. The lowest BCUT2D eigenvalue weighted by molar-refractivity contribution is -0.137. The van der Waals surface area contributed by atoms with Crippen molar-refractivity contribution in [1.29, 1.82) is 0 Å². The molecule has 5 rings (SSSR count). The smallest absolute Gasteiger partial charge is 0.246 e. The van der Waals surface area contributed by atoms with E-state index in [9.17, 15) is 14.4 Å². The Labute approximate surface area is 226 Å². The maximum Gasteiger partial charge on any atom is 0.246 e. The molecule has 2 aromatic rings. The van der Waals surface area contributed by atoms with Gasteiger partial charge in [-0.25, -0.2) is 9.97 Å². The van der Waals surface area contributed by atoms with Crippen LogP contribution in [-0.2, 0) is 27.2 Å². The number of halogens is 1. The number of pyridine rings is 1. The van der Waals surface area contributed by atoms with Crippen LogP contribution in [0, 0.1) is 5.41 Å². The molecule has 0 atom stereocenters. The van der Waals surface area contributed by atoms with Crippen molar-refractivity contribution < 1.29 is 14.4 Å². The number of thiazole rings is 1. The van der Waals surface area contributed by atoms with Gasteiger partial charge in [-0.2, -0.15) is 0 Å². The Hall–Kier alpha value is -3.08. The Kier molecular flexibility index (Phi) is 8.41. The highest BCUT2D eigenvalue weighted by atomic mass is 35.5. The van der Waals surface area contributed by atoms with Crippen LogP contribution in [0.1, 0.15) is 35.4 Å². The fraction of sp³-hybridized carbons (Fsp3) is 0.423. The summed E-state index contributed by atoms with van der Waals surface area (Å²) in [6.07, 6.45) is 12.5. The Morgan fingerprint density at radius 1 is 1.19 bits per heavy atom. The van der Waals surface area contributed by atoms with E-state index in [2.05, 4.69) is 21.4 Å². The fourth-order valence-corrected chi connectivity index (χ4v) is 5.82. The number of nitrogens with one attached hydrogen (secondary N) is 1. The zero-order chi connectivity index (χ0) is 25.1. The maximum absolute atomic E-state index is 12.9. The normalized spacial score (nSPS) is 18.7. The fourth-order valence-electron chi connectivity index (χ4n) is 5.15. The predicted octanol–water partition coefficient (Wildman–Crippen LogP) is 2.44. The molecule has 2 aromatic heterocycles. The van der Waals surface area contributed by atoms with Crippen molar-refractivity contribution in [2.45, 2.75) is 32.1 Å². The molecule has 3 aliphatic heterocycles. The summed E-state index contributed by atoms with van der Waals surface area (Å²) in [6, 6.07) is 1.99. The third-order valence-corrected chi connectivity index (χ3v) is 8.15. The third kappa shape index (κ3) is 5.92. The van der Waals surface area contributed by atoms with Crippen molar-refractivity contribution in [3.05, 3.63) is 57.7 Å². The van der Waals surface area contributed by atoms with Gasteiger partial charge >= 0.3 is 0 Å². The van der Waals surface area contributed by atoms with Crippen LogP contribution in [0.15, 0.2) is 41.6 Å². The Balaban J connectivity index is 0.00000320. The van der Waals surface area contributed by atoms with Gasteiger partial charge in [0.1, 0.15) is 5.82 Å². The van der Waals surface area contributed by atoms with Crippen LogP contribution in [0.3, 0.4) is 0 Å². The van der Waals surface area contributed by atoms with E-state index in [1.54, 1.807) is 34.6 Å². The molecule has 1 spiro atoms. The van der Waals surface area contributed by atoms with E-state index >= 15 is 0 Å². The number of hydrogen-bond acceptors (Lipinski definition) is 7. The topological polar surface area (TPSA) is 122 Å². The second-order valence-electron chi connectivity index (χ2n) is 9.61. The molecule has 0 aliphatic carbocycles. The summed E-state index contributed by atoms with van der Waals surface area (Å²) in [5, 5.41) is 6.04. The summed E-state index contributed by atoms with van der Waals surface area (Å²) >= 11 is 1.66. The standard InChI is InChI=1S/C26H30N6O3S.ClH/c27-16-23(34)32-10-5-26(6-11-32)15-20-13-19(17-29-24(20)30-25(26)35)1-2-22(33)31-8-3-18(4-9-31)14-21-28-7-12-36-21;/h1-3,7,12-13,17H,4-6,8-11,14-16,27H2,(H,29,30,35);1H/b2-1+;. The van der Waals surface area contributed by atoms with Crippen LogP contribution in [0.4, 0.5) is 5.82 Å². The highest BCUT2D eigenvalue weighted by Gasteiger charge is 2.45. The molecule has 196 valence electrons. The van der Waals surface area contributed by atoms with Crippen LogP contribution >= 0.6 is 23.7 Å². The van der Waals surface area contributed by atoms with E-state index in [1.807, 2.05) is 22.5 Å². The van der Waals surface area contributed by atoms with Gasteiger partial charge in [0.15, 0.2) is 0 Å². The van der Waals surface area contributed by atoms with Crippen LogP contribution in [0.2, 0.25) is 0 Å². The van der Waals surface area contributed by atoms with Crippen LogP contribution < -0.4 is 11.1 Å². The molecular formula is C26H31ClN6O3S. The van der Waals surface area contributed by atoms with Crippen molar-refractivity contribution in [1.82, 2.24) is 19.8 Å². The highest BCUT2D eigenvalue weighted by molar-refractivity contribution is 7.09. The van der Waals surface area contributed by atoms with E-state index in [0.29, 0.717) is 51.3 Å². The average Bonchev–Trinajstić information content (AvgIpc) is 3.41. The molecule has 0 aromatic carbocycles. The van der Waals surface area contributed by atoms with Gasteiger partial charge in [0.25, 0.3) is 0 Å². The van der Waals surface area contributed by atoms with Gasteiger partial charge in [0.2, 0.25) is 17.7 Å². The van der Waals surface area contributed by atoms with Crippen LogP contribution in [0.5, 0.6) is 0 Å². The van der Waals surface area contributed by atoms with E-state index in [4.69, 9.17) is 5.73 Å². The van der Waals surface area contributed by atoms with Gasteiger partial charge in [-0.15, -0.1) is 23.7 Å². The second-order valence-corrected chi connectivity index (χ2v) is 10.6. The zero-order valence-corrected chi connectivity index (χ0v) is 22.2. The van der Waals surface area contributed by atoms with E-state index in [1.165, 1.54) is 5.57 Å². The lowest BCUT2D eigenvalue weighted by atomic mass is 9.71. The van der Waals surface area contributed by atoms with Crippen molar-refractivity contribution in [2.24, 2.45) is 11.1 Å². The Bertz CT molecular complexity index is 1220. The van der Waals surface area contributed by atoms with E-state index in [-0.39, 0.29) is 36.7 Å². The largest absolute Gasteiger partial charge is 0.342 e. The number of piperidine rings is 1. The first-order valence-corrected chi connectivity index (χ1v) is 13.2. The summed E-state index contributed by atoms with van der Waals surface area (Å²) in [6.45, 7) is 2.33. The molecule has 1 fully saturated rings. The van der Waals surface area contributed by atoms with Gasteiger partial charge in [-0.1, -0.05) is 11.6 Å². The van der Waals surface area contributed by atoms with Crippen molar-refractivity contribution in [3.8, 4) is 0 Å². The molecule has 1 saturated heterocycles. The minimum atomic E-state index is -0.547. The van der Waals surface area contributed by atoms with E-state index < -0.39 is 5.41 Å². The molecule has 3 aliphatic rings. The van der Waals surface area contributed by atoms with Crippen LogP contribution in [-0.4, -0.2) is 70.2 Å². The number of aromatic nitrogens is 2. The van der Waals surface area contributed by atoms with Gasteiger partial charge in [0, 0.05) is 56.4 Å². The highest BCUT2D eigenvalue weighted by Crippen LogP contribution is 2.41. The quantitative estimate of drug-likeness (QED) is 0.442. The molecular weight excluding hydrogens is 512 g/mol. The zero-order valence-electron chi connectivity index (χ0n) is 20.5. The van der Waals surface area contributed by atoms with Crippen LogP contribution in [0.25, 0.3) is 6.08 Å². The van der Waals surface area contributed by atoms with Gasteiger partial charge < -0.3 is 20.9 Å². The molecule has 11 heteroatoms. The number of amides is 3. The molecule has 0 bridgehead atoms. The average molecular weight is 543 g/mol. The molecule has 3 amide bonds. The number of nitrogens with two attached hydrogens (primary N) is 1. The van der Waals surface area contributed by atoms with Crippen molar-refractivity contribution in [2.75, 3.05) is 38.0 Å². The van der Waals surface area contributed by atoms with Crippen molar-refractivity contribution in [3.63, 3.8) is 0 Å². The minimum Gasteiger partial charge on any atom is -0.342 e. The number of carbonyl (C=O) groups is 3. The van der Waals surface area contributed by atoms with E-state index in [0.717, 1.165) is 29.0 Å². The monoisotopic (exact) mass is 542 g/mol. The second kappa shape index (κ2) is 11.5. The number of rotatable bonds is 5. The molecule has 0 saturated carbocycles. The molecule has 9 nitrogen and oxygen atoms in total. The summed E-state index contributed by atoms with van der Waals surface area (Å²) in [5.41, 5.74) is 8.04. The lowest BCUT2D eigenvalue weighted by Crippen LogP contribution is -2.52. The number of anilines is 1. The molecule has 3 N–H and O–H groups in total. The molecule has 0 unspecified atom stereocenters. The third-order valence-electron chi connectivity index (χ3n) is 7.37. The van der Waals surface area contributed by atoms with Crippen molar-refractivity contribution >= 4 is 53.4 Å². The minimum absolute atomic E-state index is 0. The number of fused-ring (bicyclic) bond motifs is 1. The molecule has 0 radical (unpaired) electrons. The Morgan fingerprint density at radius 3 is 2.68 bits per heavy atom. The molecule has 37 heavy (non-hydrogen) atoms. The predicted molar refractivity (Wildman–Crippen MR) is 145 cm³/mol. The first kappa shape index (κ1) is 27.0. The Morgan fingerprint density at radius 2 is 2.00 bits per heavy atom. The lowest BCUT2D eigenvalue weighted by Gasteiger charge is -2.43.